The van der Waals surface area contributed by atoms with Gasteiger partial charge in [0.25, 0.3) is 0 Å². The summed E-state index contributed by atoms with van der Waals surface area (Å²) in [7, 11) is 0. The lowest BCUT2D eigenvalue weighted by Crippen LogP contribution is -2.50. The molecule has 5 heteroatoms. The van der Waals surface area contributed by atoms with Crippen LogP contribution in [0.1, 0.15) is 52.9 Å². The van der Waals surface area contributed by atoms with Gasteiger partial charge in [0.05, 0.1) is 6.54 Å². The maximum atomic E-state index is 5.04. The summed E-state index contributed by atoms with van der Waals surface area (Å²) >= 11 is 0. The van der Waals surface area contributed by atoms with Crippen molar-refractivity contribution in [3.05, 3.63) is 0 Å². The molecule has 0 amide bonds. The minimum Gasteiger partial charge on any atom is -0.357 e. The second-order valence-electron chi connectivity index (χ2n) is 8.39. The molecule has 1 unspecified atom stereocenters. The number of hydrogen-bond donors (Lipinski definition) is 1. The van der Waals surface area contributed by atoms with Crippen molar-refractivity contribution >= 4 is 5.96 Å². The molecule has 0 radical (unpaired) electrons. The van der Waals surface area contributed by atoms with Gasteiger partial charge in [0, 0.05) is 51.9 Å². The van der Waals surface area contributed by atoms with E-state index in [9.17, 15) is 0 Å². The molecule has 25 heavy (non-hydrogen) atoms. The van der Waals surface area contributed by atoms with E-state index < -0.39 is 0 Å². The Labute approximate surface area is 154 Å². The average molecular weight is 350 g/mol. The van der Waals surface area contributed by atoms with E-state index in [0.717, 1.165) is 19.0 Å². The summed E-state index contributed by atoms with van der Waals surface area (Å²) in [6, 6.07) is 0.538. The lowest BCUT2D eigenvalue weighted by atomic mass is 9.86. The smallest absolute Gasteiger partial charge is 0.193 e. The lowest BCUT2D eigenvalue weighted by Gasteiger charge is -2.37. The highest BCUT2D eigenvalue weighted by Gasteiger charge is 2.41. The zero-order valence-electron chi connectivity index (χ0n) is 16.8. The molecule has 3 aliphatic rings. The molecule has 1 N–H and O–H groups in total. The Morgan fingerprint density at radius 3 is 2.40 bits per heavy atom. The molecule has 0 aromatic rings. The number of rotatable bonds is 5. The Morgan fingerprint density at radius 1 is 1.04 bits per heavy atom. The molecule has 0 aromatic heterocycles. The number of likely N-dealkylation sites (tertiary alicyclic amines) is 1. The molecule has 1 saturated carbocycles. The van der Waals surface area contributed by atoms with Gasteiger partial charge in [0.2, 0.25) is 0 Å². The normalized spacial score (nSPS) is 26.5. The third-order valence-electron chi connectivity index (χ3n) is 6.72. The lowest BCUT2D eigenvalue weighted by molar-refractivity contribution is 0.109. The van der Waals surface area contributed by atoms with Crippen molar-refractivity contribution in [2.75, 3.05) is 58.9 Å². The van der Waals surface area contributed by atoms with Crippen molar-refractivity contribution in [1.82, 2.24) is 20.0 Å². The van der Waals surface area contributed by atoms with Crippen LogP contribution in [0.15, 0.2) is 4.99 Å². The zero-order valence-corrected chi connectivity index (χ0v) is 16.8. The van der Waals surface area contributed by atoms with Gasteiger partial charge in [0.1, 0.15) is 0 Å². The van der Waals surface area contributed by atoms with Crippen LogP contribution in [0.4, 0.5) is 0 Å². The van der Waals surface area contributed by atoms with E-state index in [-0.39, 0.29) is 0 Å². The van der Waals surface area contributed by atoms with Crippen LogP contribution < -0.4 is 5.32 Å². The van der Waals surface area contributed by atoms with Gasteiger partial charge in [-0.2, -0.15) is 0 Å². The first-order valence-corrected chi connectivity index (χ1v) is 10.7. The summed E-state index contributed by atoms with van der Waals surface area (Å²) in [6.45, 7) is 17.1. The quantitative estimate of drug-likeness (QED) is 0.610. The number of nitrogens with one attached hydrogen (secondary N) is 1. The molecule has 1 aliphatic carbocycles. The summed E-state index contributed by atoms with van der Waals surface area (Å²) in [5.74, 6) is 1.16. The standard InChI is InChI=1S/C20H39N5/c1-4-21-19(25-11-10-20(17-25)8-6-7-9-20)22-16-18(3)24-14-12-23(5-2)13-15-24/h18H,4-17H2,1-3H3,(H,21,22). The maximum absolute atomic E-state index is 5.04. The predicted octanol–water partition coefficient (Wildman–Crippen LogP) is 2.24. The van der Waals surface area contributed by atoms with Gasteiger partial charge in [-0.25, -0.2) is 0 Å². The molecule has 0 aromatic carbocycles. The first-order chi connectivity index (χ1) is 12.2. The second-order valence-corrected chi connectivity index (χ2v) is 8.39. The molecule has 2 heterocycles. The van der Waals surface area contributed by atoms with Gasteiger partial charge in [-0.15, -0.1) is 0 Å². The van der Waals surface area contributed by atoms with Gasteiger partial charge in [-0.05, 0) is 45.1 Å². The van der Waals surface area contributed by atoms with Crippen LogP contribution in [0.2, 0.25) is 0 Å². The second kappa shape index (κ2) is 8.72. The fraction of sp³-hybridized carbons (Fsp3) is 0.950. The summed E-state index contributed by atoms with van der Waals surface area (Å²) in [6.07, 6.45) is 7.10. The summed E-state index contributed by atoms with van der Waals surface area (Å²) in [4.78, 5) is 12.7. The molecule has 5 nitrogen and oxygen atoms in total. The Bertz CT molecular complexity index is 435. The van der Waals surface area contributed by atoms with Crippen molar-refractivity contribution in [2.24, 2.45) is 10.4 Å². The highest BCUT2D eigenvalue weighted by molar-refractivity contribution is 5.80. The summed E-state index contributed by atoms with van der Waals surface area (Å²) in [5, 5.41) is 3.55. The largest absolute Gasteiger partial charge is 0.357 e. The van der Waals surface area contributed by atoms with Crippen molar-refractivity contribution in [3.63, 3.8) is 0 Å². The Balaban J connectivity index is 1.53. The minimum atomic E-state index is 0.538. The van der Waals surface area contributed by atoms with Crippen LogP contribution in [0, 0.1) is 5.41 Å². The Morgan fingerprint density at radius 2 is 1.76 bits per heavy atom. The van der Waals surface area contributed by atoms with Crippen LogP contribution in [-0.2, 0) is 0 Å². The third kappa shape index (κ3) is 4.68. The fourth-order valence-electron chi connectivity index (χ4n) is 4.93. The Kier molecular flexibility index (Phi) is 6.61. The molecule has 144 valence electrons. The minimum absolute atomic E-state index is 0.538. The van der Waals surface area contributed by atoms with E-state index >= 15 is 0 Å². The van der Waals surface area contributed by atoms with Gasteiger partial charge in [0.15, 0.2) is 5.96 Å². The van der Waals surface area contributed by atoms with Gasteiger partial charge in [-0.3, -0.25) is 9.89 Å². The van der Waals surface area contributed by atoms with Gasteiger partial charge >= 0.3 is 0 Å². The molecular formula is C20H39N5. The zero-order chi connectivity index (χ0) is 17.7. The van der Waals surface area contributed by atoms with Crippen molar-refractivity contribution in [2.45, 2.75) is 58.9 Å². The highest BCUT2D eigenvalue weighted by Crippen LogP contribution is 2.45. The topological polar surface area (TPSA) is 34.1 Å². The molecular weight excluding hydrogens is 310 g/mol. The van der Waals surface area contributed by atoms with Crippen LogP contribution in [0.5, 0.6) is 0 Å². The van der Waals surface area contributed by atoms with E-state index in [2.05, 4.69) is 40.8 Å². The first-order valence-electron chi connectivity index (χ1n) is 10.7. The van der Waals surface area contributed by atoms with E-state index in [1.807, 2.05) is 0 Å². The molecule has 1 spiro atoms. The fourth-order valence-corrected chi connectivity index (χ4v) is 4.93. The highest BCUT2D eigenvalue weighted by atomic mass is 15.3. The molecule has 0 bridgehead atoms. The number of likely N-dealkylation sites (N-methyl/N-ethyl adjacent to an activating group) is 1. The summed E-state index contributed by atoms with van der Waals surface area (Å²) < 4.78 is 0. The number of piperazine rings is 1. The molecule has 2 aliphatic heterocycles. The van der Waals surface area contributed by atoms with Crippen molar-refractivity contribution in [3.8, 4) is 0 Å². The van der Waals surface area contributed by atoms with Crippen molar-refractivity contribution < 1.29 is 0 Å². The van der Waals surface area contributed by atoms with Crippen molar-refractivity contribution in [1.29, 1.82) is 0 Å². The number of hydrogen-bond acceptors (Lipinski definition) is 3. The first kappa shape index (κ1) is 19.0. The monoisotopic (exact) mass is 349 g/mol. The van der Waals surface area contributed by atoms with E-state index in [1.165, 1.54) is 77.9 Å². The molecule has 1 atom stereocenters. The number of nitrogens with zero attached hydrogens (tertiary/aromatic N) is 4. The third-order valence-corrected chi connectivity index (χ3v) is 6.72. The molecule has 3 rings (SSSR count). The van der Waals surface area contributed by atoms with E-state index in [4.69, 9.17) is 4.99 Å². The van der Waals surface area contributed by atoms with Crippen LogP contribution in [-0.4, -0.2) is 85.6 Å². The molecule has 3 fully saturated rings. The van der Waals surface area contributed by atoms with Crippen LogP contribution in [0.3, 0.4) is 0 Å². The SMILES string of the molecule is CCNC(=NCC(C)N1CCN(CC)CC1)N1CCC2(CCCC2)C1. The maximum Gasteiger partial charge on any atom is 0.193 e. The summed E-state index contributed by atoms with van der Waals surface area (Å²) in [5.41, 5.74) is 0.609. The molecule has 2 saturated heterocycles. The number of guanidine groups is 1. The van der Waals surface area contributed by atoms with Crippen LogP contribution in [0.25, 0.3) is 0 Å². The van der Waals surface area contributed by atoms with Gasteiger partial charge in [-0.1, -0.05) is 19.8 Å². The van der Waals surface area contributed by atoms with Gasteiger partial charge < -0.3 is 15.1 Å². The average Bonchev–Trinajstić information content (AvgIpc) is 3.28. The predicted molar refractivity (Wildman–Crippen MR) is 106 cm³/mol. The van der Waals surface area contributed by atoms with Crippen LogP contribution >= 0.6 is 0 Å². The van der Waals surface area contributed by atoms with E-state index in [0.29, 0.717) is 11.5 Å². The Hall–Kier alpha value is -0.810. The number of aliphatic imine (C=N–C) groups is 1. The van der Waals surface area contributed by atoms with E-state index in [1.54, 1.807) is 0 Å².